The van der Waals surface area contributed by atoms with Crippen molar-refractivity contribution in [3.8, 4) is 0 Å². The summed E-state index contributed by atoms with van der Waals surface area (Å²) in [4.78, 5) is 5.01. The lowest BCUT2D eigenvalue weighted by Crippen LogP contribution is -2.47. The van der Waals surface area contributed by atoms with Gasteiger partial charge in [-0.05, 0) is 26.9 Å². The average molecular weight is 171 g/mol. The number of piperidine rings is 1. The summed E-state index contributed by atoms with van der Waals surface area (Å²) < 4.78 is 0. The van der Waals surface area contributed by atoms with Crippen LogP contribution < -0.4 is 10.6 Å². The lowest BCUT2D eigenvalue weighted by atomic mass is 10.1. The third-order valence-corrected chi connectivity index (χ3v) is 1.98. The van der Waals surface area contributed by atoms with Crippen LogP contribution in [0.1, 0.15) is 13.3 Å². The third-order valence-electron chi connectivity index (χ3n) is 1.98. The van der Waals surface area contributed by atoms with Gasteiger partial charge < -0.3 is 15.5 Å². The zero-order valence-electron chi connectivity index (χ0n) is 7.76. The predicted molar refractivity (Wildman–Crippen MR) is 49.4 cm³/mol. The van der Waals surface area contributed by atoms with Crippen LogP contribution in [0.25, 0.3) is 0 Å². The number of nitrogens with zero attached hydrogens (tertiary/aromatic N) is 1. The van der Waals surface area contributed by atoms with Gasteiger partial charge in [0.2, 0.25) is 0 Å². The number of rotatable bonds is 3. The number of hydrogen-bond donors (Lipinski definition) is 2. The van der Waals surface area contributed by atoms with Crippen LogP contribution in [0.4, 0.5) is 0 Å². The fourth-order valence-corrected chi connectivity index (χ4v) is 1.31. The number of oxime groups is 1. The van der Waals surface area contributed by atoms with Crippen LogP contribution in [-0.4, -0.2) is 38.5 Å². The molecule has 4 nitrogen and oxygen atoms in total. The van der Waals surface area contributed by atoms with Gasteiger partial charge in [-0.1, -0.05) is 5.16 Å². The Labute approximate surface area is 73.4 Å². The molecule has 0 amide bonds. The molecule has 0 saturated carbocycles. The van der Waals surface area contributed by atoms with E-state index in [2.05, 4.69) is 15.8 Å². The minimum atomic E-state index is 0.387. The Morgan fingerprint density at radius 1 is 1.75 bits per heavy atom. The fourth-order valence-electron chi connectivity index (χ4n) is 1.31. The molecule has 0 spiro atoms. The van der Waals surface area contributed by atoms with Crippen molar-refractivity contribution in [1.29, 1.82) is 0 Å². The van der Waals surface area contributed by atoms with Crippen LogP contribution in [0.3, 0.4) is 0 Å². The maximum Gasteiger partial charge on any atom is 0.114 e. The predicted octanol–water partition coefficient (Wildman–Crippen LogP) is -0.0398. The third kappa shape index (κ3) is 2.46. The molecule has 1 fully saturated rings. The summed E-state index contributed by atoms with van der Waals surface area (Å²) in [5.74, 6) is 0. The highest BCUT2D eigenvalue weighted by molar-refractivity contribution is 5.91. The monoisotopic (exact) mass is 171 g/mol. The van der Waals surface area contributed by atoms with Crippen LogP contribution in [0.15, 0.2) is 5.16 Å². The summed E-state index contributed by atoms with van der Waals surface area (Å²) >= 11 is 0. The van der Waals surface area contributed by atoms with Gasteiger partial charge in [0, 0.05) is 6.54 Å². The highest BCUT2D eigenvalue weighted by Gasteiger charge is 2.18. The lowest BCUT2D eigenvalue weighted by molar-refractivity contribution is 0.156. The van der Waals surface area contributed by atoms with Crippen molar-refractivity contribution in [3.63, 3.8) is 0 Å². The standard InChI is InChI=1S/C8H17N3O/c1-3-12-11-8-6-10-5-4-7(8)9-2/h7,9-10H,3-6H2,1-2H3/b11-8+. The first-order chi connectivity index (χ1) is 5.88. The van der Waals surface area contributed by atoms with E-state index in [0.29, 0.717) is 12.6 Å². The molecule has 0 aromatic carbocycles. The first-order valence-corrected chi connectivity index (χ1v) is 4.45. The van der Waals surface area contributed by atoms with Gasteiger partial charge in [-0.2, -0.15) is 0 Å². The van der Waals surface area contributed by atoms with Crippen LogP contribution in [0.2, 0.25) is 0 Å². The van der Waals surface area contributed by atoms with Gasteiger partial charge in [0.25, 0.3) is 0 Å². The molecule has 1 aliphatic heterocycles. The first kappa shape index (κ1) is 9.48. The summed E-state index contributed by atoms with van der Waals surface area (Å²) in [7, 11) is 1.96. The van der Waals surface area contributed by atoms with Crippen molar-refractivity contribution in [2.24, 2.45) is 5.16 Å². The van der Waals surface area contributed by atoms with E-state index in [1.807, 2.05) is 14.0 Å². The minimum Gasteiger partial charge on any atom is -0.396 e. The molecular formula is C8H17N3O. The van der Waals surface area contributed by atoms with E-state index in [9.17, 15) is 0 Å². The summed E-state index contributed by atoms with van der Waals surface area (Å²) in [6.07, 6.45) is 1.09. The van der Waals surface area contributed by atoms with Crippen molar-refractivity contribution in [2.45, 2.75) is 19.4 Å². The molecular weight excluding hydrogens is 154 g/mol. The van der Waals surface area contributed by atoms with Crippen molar-refractivity contribution in [3.05, 3.63) is 0 Å². The highest BCUT2D eigenvalue weighted by Crippen LogP contribution is 2.00. The molecule has 0 aromatic heterocycles. The Morgan fingerprint density at radius 2 is 2.58 bits per heavy atom. The molecule has 1 unspecified atom stereocenters. The molecule has 12 heavy (non-hydrogen) atoms. The van der Waals surface area contributed by atoms with E-state index < -0.39 is 0 Å². The maximum atomic E-state index is 5.01. The average Bonchev–Trinajstić information content (AvgIpc) is 2.15. The van der Waals surface area contributed by atoms with E-state index in [-0.39, 0.29) is 0 Å². The molecule has 4 heteroatoms. The van der Waals surface area contributed by atoms with Gasteiger partial charge in [0.15, 0.2) is 0 Å². The number of hydrogen-bond acceptors (Lipinski definition) is 4. The molecule has 0 aliphatic carbocycles. The second-order valence-corrected chi connectivity index (χ2v) is 2.81. The van der Waals surface area contributed by atoms with Crippen molar-refractivity contribution < 1.29 is 4.84 Å². The Balaban J connectivity index is 2.46. The Bertz CT molecular complexity index is 158. The molecule has 1 rings (SSSR count). The topological polar surface area (TPSA) is 45.6 Å². The first-order valence-electron chi connectivity index (χ1n) is 4.45. The zero-order chi connectivity index (χ0) is 8.81. The van der Waals surface area contributed by atoms with Gasteiger partial charge in [0.05, 0.1) is 11.8 Å². The molecule has 2 N–H and O–H groups in total. The molecule has 0 aromatic rings. The molecule has 1 heterocycles. The van der Waals surface area contributed by atoms with Gasteiger partial charge in [0.1, 0.15) is 6.61 Å². The second kappa shape index (κ2) is 5.11. The minimum absolute atomic E-state index is 0.387. The molecule has 1 saturated heterocycles. The smallest absolute Gasteiger partial charge is 0.114 e. The second-order valence-electron chi connectivity index (χ2n) is 2.81. The normalized spacial score (nSPS) is 27.5. The van der Waals surface area contributed by atoms with Gasteiger partial charge in [-0.25, -0.2) is 0 Å². The SMILES string of the molecule is CCO/N=C1\CNCCC1NC. The number of nitrogens with one attached hydrogen (secondary N) is 2. The van der Waals surface area contributed by atoms with E-state index in [4.69, 9.17) is 4.84 Å². The van der Waals surface area contributed by atoms with Crippen LogP contribution >= 0.6 is 0 Å². The van der Waals surface area contributed by atoms with Crippen LogP contribution in [-0.2, 0) is 4.84 Å². The maximum absolute atomic E-state index is 5.01. The fraction of sp³-hybridized carbons (Fsp3) is 0.875. The lowest BCUT2D eigenvalue weighted by Gasteiger charge is -2.23. The Hall–Kier alpha value is -0.610. The largest absolute Gasteiger partial charge is 0.396 e. The van der Waals surface area contributed by atoms with Crippen molar-refractivity contribution >= 4 is 5.71 Å². The summed E-state index contributed by atoms with van der Waals surface area (Å²) in [5, 5.41) is 10.5. The molecule has 0 radical (unpaired) electrons. The molecule has 0 bridgehead atoms. The van der Waals surface area contributed by atoms with E-state index in [1.165, 1.54) is 0 Å². The Morgan fingerprint density at radius 3 is 3.25 bits per heavy atom. The van der Waals surface area contributed by atoms with Gasteiger partial charge >= 0.3 is 0 Å². The Kier molecular flexibility index (Phi) is 4.04. The van der Waals surface area contributed by atoms with E-state index >= 15 is 0 Å². The van der Waals surface area contributed by atoms with Gasteiger partial charge in [-0.15, -0.1) is 0 Å². The summed E-state index contributed by atoms with van der Waals surface area (Å²) in [5.41, 5.74) is 1.07. The molecule has 1 aliphatic rings. The van der Waals surface area contributed by atoms with Crippen molar-refractivity contribution in [1.82, 2.24) is 10.6 Å². The van der Waals surface area contributed by atoms with Gasteiger partial charge in [-0.3, -0.25) is 0 Å². The summed E-state index contributed by atoms with van der Waals surface area (Å²) in [6, 6.07) is 0.387. The quantitative estimate of drug-likeness (QED) is 0.586. The van der Waals surface area contributed by atoms with E-state index in [0.717, 1.165) is 25.2 Å². The zero-order valence-corrected chi connectivity index (χ0v) is 7.76. The van der Waals surface area contributed by atoms with Crippen molar-refractivity contribution in [2.75, 3.05) is 26.7 Å². The van der Waals surface area contributed by atoms with Crippen LogP contribution in [0, 0.1) is 0 Å². The highest BCUT2D eigenvalue weighted by atomic mass is 16.6. The molecule has 70 valence electrons. The summed E-state index contributed by atoms with van der Waals surface area (Å²) in [6.45, 7) is 4.47. The molecule has 1 atom stereocenters. The van der Waals surface area contributed by atoms with Crippen LogP contribution in [0.5, 0.6) is 0 Å². The van der Waals surface area contributed by atoms with E-state index in [1.54, 1.807) is 0 Å².